The predicted octanol–water partition coefficient (Wildman–Crippen LogP) is 3.23. The summed E-state index contributed by atoms with van der Waals surface area (Å²) in [5.74, 6) is 1.52. The highest BCUT2D eigenvalue weighted by atomic mass is 16.5. The highest BCUT2D eigenvalue weighted by molar-refractivity contribution is 5.91. The van der Waals surface area contributed by atoms with Crippen LogP contribution in [0.4, 0.5) is 5.69 Å². The van der Waals surface area contributed by atoms with Crippen LogP contribution in [-0.2, 0) is 6.61 Å². The molecule has 0 bridgehead atoms. The zero-order valence-electron chi connectivity index (χ0n) is 11.8. The number of nitrogens with one attached hydrogen (secondary N) is 1. The van der Waals surface area contributed by atoms with Gasteiger partial charge in [0.25, 0.3) is 0 Å². The molecule has 0 radical (unpaired) electrons. The number of rotatable bonds is 2. The van der Waals surface area contributed by atoms with Crippen LogP contribution < -0.4 is 15.2 Å². The van der Waals surface area contributed by atoms with Crippen molar-refractivity contribution in [3.63, 3.8) is 0 Å². The van der Waals surface area contributed by atoms with E-state index in [0.717, 1.165) is 33.8 Å². The van der Waals surface area contributed by atoms with Crippen LogP contribution in [0.25, 0.3) is 5.57 Å². The summed E-state index contributed by atoms with van der Waals surface area (Å²) >= 11 is 0. The third-order valence-corrected chi connectivity index (χ3v) is 3.68. The molecule has 3 rings (SSSR count). The molecule has 0 spiro atoms. The van der Waals surface area contributed by atoms with Crippen LogP contribution in [0.1, 0.15) is 22.3 Å². The molecule has 3 N–H and O–H groups in total. The Morgan fingerprint density at radius 3 is 2.81 bits per heavy atom. The van der Waals surface area contributed by atoms with Gasteiger partial charge in [-0.05, 0) is 47.0 Å². The summed E-state index contributed by atoms with van der Waals surface area (Å²) in [6.07, 6.45) is 1.25. The van der Waals surface area contributed by atoms with Crippen LogP contribution in [0.3, 0.4) is 0 Å². The molecule has 4 nitrogen and oxygen atoms in total. The van der Waals surface area contributed by atoms with Crippen molar-refractivity contribution < 1.29 is 9.47 Å². The topological polar surface area (TPSA) is 68.3 Å². The standard InChI is InChI=1S/C17H16N2O2/c1-10-14-5-11(8-18)16(19)6-12(14)9-21-17-4-3-13(20-2)7-15(10)17/h3-8,18H,1,9,19H2,2H3. The van der Waals surface area contributed by atoms with E-state index >= 15 is 0 Å². The second-order valence-corrected chi connectivity index (χ2v) is 4.91. The van der Waals surface area contributed by atoms with E-state index in [1.54, 1.807) is 7.11 Å². The fourth-order valence-electron chi connectivity index (χ4n) is 2.50. The maximum Gasteiger partial charge on any atom is 0.127 e. The molecule has 0 aliphatic carbocycles. The molecule has 0 aromatic heterocycles. The molecule has 0 saturated heterocycles. The van der Waals surface area contributed by atoms with Crippen LogP contribution >= 0.6 is 0 Å². The Hall–Kier alpha value is -2.75. The number of fused-ring (bicyclic) bond motifs is 2. The lowest BCUT2D eigenvalue weighted by Gasteiger charge is -2.11. The zero-order chi connectivity index (χ0) is 15.0. The molecule has 1 heterocycles. The summed E-state index contributed by atoms with van der Waals surface area (Å²) in [6, 6.07) is 9.39. The van der Waals surface area contributed by atoms with Crippen LogP contribution in [0.15, 0.2) is 36.9 Å². The molecule has 1 aliphatic heterocycles. The van der Waals surface area contributed by atoms with E-state index in [1.807, 2.05) is 30.3 Å². The summed E-state index contributed by atoms with van der Waals surface area (Å²) < 4.78 is 11.1. The third kappa shape index (κ3) is 2.14. The average Bonchev–Trinajstić information content (AvgIpc) is 2.64. The first-order valence-electron chi connectivity index (χ1n) is 6.57. The van der Waals surface area contributed by atoms with Gasteiger partial charge in [-0.2, -0.15) is 0 Å². The molecule has 0 saturated carbocycles. The van der Waals surface area contributed by atoms with Gasteiger partial charge in [0.15, 0.2) is 0 Å². The second-order valence-electron chi connectivity index (χ2n) is 4.91. The number of benzene rings is 2. The molecule has 106 valence electrons. The van der Waals surface area contributed by atoms with E-state index in [4.69, 9.17) is 20.6 Å². The summed E-state index contributed by atoms with van der Waals surface area (Å²) in [7, 11) is 1.63. The van der Waals surface area contributed by atoms with Crippen molar-refractivity contribution in [1.29, 1.82) is 5.41 Å². The van der Waals surface area contributed by atoms with Gasteiger partial charge >= 0.3 is 0 Å². The SMILES string of the molecule is C=C1c2cc(C=N)c(N)cc2COc2ccc(OC)cc21. The van der Waals surface area contributed by atoms with Gasteiger partial charge in [-0.15, -0.1) is 0 Å². The fraction of sp³-hybridized carbons (Fsp3) is 0.118. The molecule has 0 fully saturated rings. The molecule has 21 heavy (non-hydrogen) atoms. The van der Waals surface area contributed by atoms with E-state index in [1.165, 1.54) is 6.21 Å². The smallest absolute Gasteiger partial charge is 0.127 e. The zero-order valence-corrected chi connectivity index (χ0v) is 11.8. The first-order valence-corrected chi connectivity index (χ1v) is 6.57. The summed E-state index contributed by atoms with van der Waals surface area (Å²) in [6.45, 7) is 4.61. The molecular formula is C17H16N2O2. The van der Waals surface area contributed by atoms with Crippen LogP contribution in [-0.4, -0.2) is 13.3 Å². The second kappa shape index (κ2) is 4.98. The summed E-state index contributed by atoms with van der Waals surface area (Å²) in [5, 5.41) is 7.45. The van der Waals surface area contributed by atoms with Crippen molar-refractivity contribution in [3.05, 3.63) is 59.2 Å². The van der Waals surface area contributed by atoms with Gasteiger partial charge in [0, 0.05) is 23.0 Å². The quantitative estimate of drug-likeness (QED) is 0.655. The van der Waals surface area contributed by atoms with E-state index in [9.17, 15) is 0 Å². The first-order chi connectivity index (χ1) is 10.1. The highest BCUT2D eigenvalue weighted by Crippen LogP contribution is 2.38. The lowest BCUT2D eigenvalue weighted by molar-refractivity contribution is 0.306. The number of anilines is 1. The Bertz CT molecular complexity index is 751. The monoisotopic (exact) mass is 280 g/mol. The average molecular weight is 280 g/mol. The van der Waals surface area contributed by atoms with Crippen molar-refractivity contribution >= 4 is 17.5 Å². The largest absolute Gasteiger partial charge is 0.497 e. The van der Waals surface area contributed by atoms with Crippen molar-refractivity contribution in [3.8, 4) is 11.5 Å². The minimum absolute atomic E-state index is 0.427. The molecule has 0 atom stereocenters. The predicted molar refractivity (Wildman–Crippen MR) is 84.2 cm³/mol. The van der Waals surface area contributed by atoms with Gasteiger partial charge in [0.1, 0.15) is 18.1 Å². The Morgan fingerprint density at radius 2 is 2.10 bits per heavy atom. The maximum absolute atomic E-state index is 7.45. The van der Waals surface area contributed by atoms with E-state index in [0.29, 0.717) is 17.9 Å². The minimum atomic E-state index is 0.427. The van der Waals surface area contributed by atoms with E-state index in [2.05, 4.69) is 6.58 Å². The first kappa shape index (κ1) is 13.2. The van der Waals surface area contributed by atoms with Crippen LogP contribution in [0.5, 0.6) is 11.5 Å². The number of nitrogens with two attached hydrogens (primary N) is 1. The molecule has 0 unspecified atom stereocenters. The Kier molecular flexibility index (Phi) is 3.14. The number of methoxy groups -OCH3 is 1. The Morgan fingerprint density at radius 1 is 1.29 bits per heavy atom. The van der Waals surface area contributed by atoms with Crippen molar-refractivity contribution in [2.75, 3.05) is 12.8 Å². The number of ether oxygens (including phenoxy) is 2. The minimum Gasteiger partial charge on any atom is -0.497 e. The summed E-state index contributed by atoms with van der Waals surface area (Å²) in [4.78, 5) is 0. The maximum atomic E-state index is 7.45. The Labute approximate surface area is 123 Å². The van der Waals surface area contributed by atoms with E-state index < -0.39 is 0 Å². The van der Waals surface area contributed by atoms with Gasteiger partial charge in [-0.1, -0.05) is 6.58 Å². The highest BCUT2D eigenvalue weighted by Gasteiger charge is 2.19. The van der Waals surface area contributed by atoms with Crippen LogP contribution in [0, 0.1) is 5.41 Å². The third-order valence-electron chi connectivity index (χ3n) is 3.68. The Balaban J connectivity index is 2.19. The molecule has 2 aromatic rings. The van der Waals surface area contributed by atoms with Crippen LogP contribution in [0.2, 0.25) is 0 Å². The number of hydrogen-bond acceptors (Lipinski definition) is 4. The lowest BCUT2D eigenvalue weighted by Crippen LogP contribution is -2.01. The van der Waals surface area contributed by atoms with Gasteiger partial charge in [-0.25, -0.2) is 0 Å². The van der Waals surface area contributed by atoms with Gasteiger partial charge in [0.2, 0.25) is 0 Å². The molecule has 0 amide bonds. The molecule has 2 aromatic carbocycles. The van der Waals surface area contributed by atoms with Gasteiger partial charge < -0.3 is 20.6 Å². The lowest BCUT2D eigenvalue weighted by atomic mass is 9.93. The normalized spacial score (nSPS) is 12.7. The number of nitrogen functional groups attached to an aromatic ring is 1. The number of hydrogen-bond donors (Lipinski definition) is 2. The molecular weight excluding hydrogens is 264 g/mol. The summed E-state index contributed by atoms with van der Waals surface area (Å²) in [5.41, 5.74) is 10.9. The van der Waals surface area contributed by atoms with Crippen molar-refractivity contribution in [2.45, 2.75) is 6.61 Å². The van der Waals surface area contributed by atoms with Gasteiger partial charge in [-0.3, -0.25) is 0 Å². The van der Waals surface area contributed by atoms with Gasteiger partial charge in [0.05, 0.1) is 7.11 Å². The van der Waals surface area contributed by atoms with Crippen molar-refractivity contribution in [1.82, 2.24) is 0 Å². The van der Waals surface area contributed by atoms with E-state index in [-0.39, 0.29) is 0 Å². The molecule has 4 heteroatoms. The fourth-order valence-corrected chi connectivity index (χ4v) is 2.50. The van der Waals surface area contributed by atoms with Crippen molar-refractivity contribution in [2.24, 2.45) is 0 Å². The molecule has 1 aliphatic rings.